The van der Waals surface area contributed by atoms with Crippen LogP contribution in [-0.4, -0.2) is 28.2 Å². The lowest BCUT2D eigenvalue weighted by Gasteiger charge is -2.17. The number of hydrogen-bond donors (Lipinski definition) is 2. The summed E-state index contributed by atoms with van der Waals surface area (Å²) in [7, 11) is 0. The van der Waals surface area contributed by atoms with Gasteiger partial charge in [0.05, 0.1) is 0 Å². The molecule has 1 fully saturated rings. The van der Waals surface area contributed by atoms with Gasteiger partial charge in [0.2, 0.25) is 5.91 Å². The number of carbonyl (C=O) groups is 1. The van der Waals surface area contributed by atoms with Crippen LogP contribution < -0.4 is 5.32 Å². The first-order chi connectivity index (χ1) is 10.2. The Morgan fingerprint density at radius 3 is 2.95 bits per heavy atom. The fourth-order valence-electron chi connectivity index (χ4n) is 2.77. The molecule has 0 spiro atoms. The Kier molecular flexibility index (Phi) is 4.17. The van der Waals surface area contributed by atoms with Crippen LogP contribution in [0.3, 0.4) is 0 Å². The minimum absolute atomic E-state index is 0.0159. The smallest absolute Gasteiger partial charge is 0.240 e. The zero-order chi connectivity index (χ0) is 14.8. The third-order valence-corrected chi connectivity index (χ3v) is 4.26. The zero-order valence-electron chi connectivity index (χ0n) is 11.8. The fourth-order valence-corrected chi connectivity index (χ4v) is 2.93. The van der Waals surface area contributed by atoms with Crippen molar-refractivity contribution in [2.24, 2.45) is 5.92 Å². The molecule has 1 aliphatic carbocycles. The van der Waals surface area contributed by atoms with Gasteiger partial charge in [-0.25, -0.2) is 0 Å². The second-order valence-electron chi connectivity index (χ2n) is 5.67. The number of halogens is 1. The highest BCUT2D eigenvalue weighted by molar-refractivity contribution is 6.31. The predicted molar refractivity (Wildman–Crippen MR) is 83.3 cm³/mol. The molecule has 1 heterocycles. The summed E-state index contributed by atoms with van der Waals surface area (Å²) in [5.41, 5.74) is 0.961. The van der Waals surface area contributed by atoms with Crippen molar-refractivity contribution in [1.82, 2.24) is 9.88 Å². The van der Waals surface area contributed by atoms with Crippen LogP contribution in [0.5, 0.6) is 0 Å². The van der Waals surface area contributed by atoms with Crippen molar-refractivity contribution >= 4 is 28.4 Å². The predicted octanol–water partition coefficient (Wildman–Crippen LogP) is 2.57. The van der Waals surface area contributed by atoms with Crippen LogP contribution in [0.25, 0.3) is 10.9 Å². The molecule has 0 radical (unpaired) electrons. The summed E-state index contributed by atoms with van der Waals surface area (Å²) in [6.07, 6.45) is 4.83. The molecule has 1 aromatic carbocycles. The average Bonchev–Trinajstić information content (AvgIpc) is 3.23. The Balaban J connectivity index is 1.69. The Hall–Kier alpha value is -1.52. The third kappa shape index (κ3) is 3.39. The van der Waals surface area contributed by atoms with Gasteiger partial charge in [-0.1, -0.05) is 17.7 Å². The van der Waals surface area contributed by atoms with Crippen LogP contribution in [0, 0.1) is 5.92 Å². The molecular weight excluding hydrogens is 288 g/mol. The number of nitrogens with one attached hydrogen (secondary N) is 1. The molecule has 0 aliphatic heterocycles. The summed E-state index contributed by atoms with van der Waals surface area (Å²) < 4.78 is 1.90. The van der Waals surface area contributed by atoms with Crippen LogP contribution in [0.1, 0.15) is 19.3 Å². The lowest BCUT2D eigenvalue weighted by Crippen LogP contribution is -2.39. The topological polar surface area (TPSA) is 54.3 Å². The van der Waals surface area contributed by atoms with Crippen LogP contribution in [-0.2, 0) is 11.3 Å². The van der Waals surface area contributed by atoms with E-state index < -0.39 is 0 Å². The van der Waals surface area contributed by atoms with E-state index in [4.69, 9.17) is 16.7 Å². The molecule has 1 aliphatic rings. The Bertz CT molecular complexity index is 649. The number of hydrogen-bond acceptors (Lipinski definition) is 2. The summed E-state index contributed by atoms with van der Waals surface area (Å²) in [6.45, 7) is 0.391. The van der Waals surface area contributed by atoms with Gasteiger partial charge in [0.15, 0.2) is 0 Å². The highest BCUT2D eigenvalue weighted by atomic mass is 35.5. The molecule has 112 valence electrons. The number of amides is 1. The maximum absolute atomic E-state index is 12.2. The molecule has 1 unspecified atom stereocenters. The van der Waals surface area contributed by atoms with Gasteiger partial charge >= 0.3 is 0 Å². The Morgan fingerprint density at radius 2 is 2.24 bits per heavy atom. The largest absolute Gasteiger partial charge is 0.396 e. The molecule has 1 saturated carbocycles. The summed E-state index contributed by atoms with van der Waals surface area (Å²) in [5, 5.41) is 13.9. The number of benzene rings is 1. The van der Waals surface area contributed by atoms with E-state index in [0.29, 0.717) is 17.4 Å². The first kappa shape index (κ1) is 14.4. The van der Waals surface area contributed by atoms with Gasteiger partial charge in [0.1, 0.15) is 6.54 Å². The molecule has 1 atom stereocenters. The van der Waals surface area contributed by atoms with E-state index in [0.717, 1.165) is 23.7 Å². The number of nitrogens with zero attached hydrogens (tertiary/aromatic N) is 1. The minimum Gasteiger partial charge on any atom is -0.396 e. The van der Waals surface area contributed by atoms with E-state index in [1.807, 2.05) is 35.0 Å². The van der Waals surface area contributed by atoms with Gasteiger partial charge < -0.3 is 15.0 Å². The second kappa shape index (κ2) is 6.08. The first-order valence-corrected chi connectivity index (χ1v) is 7.70. The van der Waals surface area contributed by atoms with Crippen molar-refractivity contribution in [3.63, 3.8) is 0 Å². The SMILES string of the molecule is O=C(Cn1ccc2ccc(Cl)cc21)NC(CCO)C1CC1. The molecule has 0 bridgehead atoms. The number of aliphatic hydroxyl groups excluding tert-OH is 1. The number of aromatic nitrogens is 1. The van der Waals surface area contributed by atoms with Crippen molar-refractivity contribution in [2.75, 3.05) is 6.61 Å². The van der Waals surface area contributed by atoms with Gasteiger partial charge in [-0.3, -0.25) is 4.79 Å². The molecule has 3 rings (SSSR count). The highest BCUT2D eigenvalue weighted by Crippen LogP contribution is 2.33. The van der Waals surface area contributed by atoms with E-state index in [1.165, 1.54) is 0 Å². The van der Waals surface area contributed by atoms with E-state index in [2.05, 4.69) is 5.32 Å². The Labute approximate surface area is 128 Å². The highest BCUT2D eigenvalue weighted by Gasteiger charge is 2.31. The van der Waals surface area contributed by atoms with Crippen LogP contribution in [0.2, 0.25) is 5.02 Å². The molecule has 21 heavy (non-hydrogen) atoms. The summed E-state index contributed by atoms with van der Waals surface area (Å²) in [6, 6.07) is 7.75. The molecule has 2 aromatic rings. The van der Waals surface area contributed by atoms with E-state index in [-0.39, 0.29) is 25.1 Å². The maximum Gasteiger partial charge on any atom is 0.240 e. The number of carbonyl (C=O) groups excluding carboxylic acids is 1. The maximum atomic E-state index is 12.2. The first-order valence-electron chi connectivity index (χ1n) is 7.32. The van der Waals surface area contributed by atoms with Crippen molar-refractivity contribution in [3.8, 4) is 0 Å². The lowest BCUT2D eigenvalue weighted by molar-refractivity contribution is -0.122. The fraction of sp³-hybridized carbons (Fsp3) is 0.438. The summed E-state index contributed by atoms with van der Waals surface area (Å²) in [5.74, 6) is 0.523. The molecule has 1 aromatic heterocycles. The third-order valence-electron chi connectivity index (χ3n) is 4.03. The number of rotatable bonds is 6. The van der Waals surface area contributed by atoms with Crippen LogP contribution in [0.4, 0.5) is 0 Å². The molecule has 5 heteroatoms. The van der Waals surface area contributed by atoms with Gasteiger partial charge in [-0.2, -0.15) is 0 Å². The van der Waals surface area contributed by atoms with Gasteiger partial charge in [0, 0.05) is 29.4 Å². The summed E-state index contributed by atoms with van der Waals surface area (Å²) >= 11 is 6.02. The summed E-state index contributed by atoms with van der Waals surface area (Å²) in [4.78, 5) is 12.2. The zero-order valence-corrected chi connectivity index (χ0v) is 12.5. The lowest BCUT2D eigenvalue weighted by atomic mass is 10.1. The normalized spacial score (nSPS) is 16.1. The minimum atomic E-state index is -0.0159. The van der Waals surface area contributed by atoms with E-state index in [1.54, 1.807) is 0 Å². The van der Waals surface area contributed by atoms with E-state index in [9.17, 15) is 4.79 Å². The molecule has 4 nitrogen and oxygen atoms in total. The Morgan fingerprint density at radius 1 is 1.43 bits per heavy atom. The van der Waals surface area contributed by atoms with Gasteiger partial charge in [-0.15, -0.1) is 0 Å². The van der Waals surface area contributed by atoms with Crippen molar-refractivity contribution in [3.05, 3.63) is 35.5 Å². The molecular formula is C16H19ClN2O2. The second-order valence-corrected chi connectivity index (χ2v) is 6.11. The van der Waals surface area contributed by atoms with Gasteiger partial charge in [-0.05, 0) is 48.8 Å². The van der Waals surface area contributed by atoms with Gasteiger partial charge in [0.25, 0.3) is 0 Å². The molecule has 1 amide bonds. The van der Waals surface area contributed by atoms with Crippen molar-refractivity contribution in [2.45, 2.75) is 31.8 Å². The van der Waals surface area contributed by atoms with E-state index >= 15 is 0 Å². The monoisotopic (exact) mass is 306 g/mol. The van der Waals surface area contributed by atoms with Crippen molar-refractivity contribution in [1.29, 1.82) is 0 Å². The quantitative estimate of drug-likeness (QED) is 0.862. The number of aliphatic hydroxyl groups is 1. The van der Waals surface area contributed by atoms with Crippen molar-refractivity contribution < 1.29 is 9.90 Å². The average molecular weight is 307 g/mol. The number of fused-ring (bicyclic) bond motifs is 1. The molecule has 0 saturated heterocycles. The van der Waals surface area contributed by atoms with Crippen LogP contribution >= 0.6 is 11.6 Å². The standard InChI is InChI=1S/C16H19ClN2O2/c17-13-4-3-12-5-7-19(15(12)9-13)10-16(21)18-14(6-8-20)11-1-2-11/h3-5,7,9,11,14,20H,1-2,6,8,10H2,(H,18,21). The molecule has 2 N–H and O–H groups in total. The van der Waals surface area contributed by atoms with Crippen LogP contribution in [0.15, 0.2) is 30.5 Å².